The minimum Gasteiger partial charge on any atom is -0.507 e. The number of morpholine rings is 1. The van der Waals surface area contributed by atoms with Crippen LogP contribution in [-0.4, -0.2) is 73.2 Å². The fourth-order valence-electron chi connectivity index (χ4n) is 4.63. The maximum atomic E-state index is 13.1. The van der Waals surface area contributed by atoms with E-state index in [9.17, 15) is 9.90 Å². The number of carbonyl (C=O) groups is 1. The van der Waals surface area contributed by atoms with Crippen molar-refractivity contribution in [3.8, 4) is 22.8 Å². The lowest BCUT2D eigenvalue weighted by atomic mass is 10.0. The number of amides is 1. The van der Waals surface area contributed by atoms with Crippen LogP contribution in [0, 0.1) is 0 Å². The quantitative estimate of drug-likeness (QED) is 0.352. The molecule has 5 rings (SSSR count). The van der Waals surface area contributed by atoms with Gasteiger partial charge in [-0.1, -0.05) is 26.0 Å². The van der Waals surface area contributed by atoms with Crippen LogP contribution in [0.3, 0.4) is 0 Å². The molecule has 10 heteroatoms. The first-order chi connectivity index (χ1) is 17.8. The molecule has 0 radical (unpaired) electrons. The third kappa shape index (κ3) is 5.07. The van der Waals surface area contributed by atoms with Crippen molar-refractivity contribution in [3.63, 3.8) is 0 Å². The Labute approximate surface area is 215 Å². The standard InChI is InChI=1S/C27H33N7O3/c1-16(2)24-20-13-21(23(35)14-22(20)29-30-24)25-31-32-26(27(36)28-17(3)4)34(25)19-7-5-18(6-8-19)15-33-9-11-37-12-10-33/h5-8,13-14,16-17,35H,9-12,15H2,1-4H3,(H,28,36)(H,29,30). The maximum absolute atomic E-state index is 13.1. The third-order valence-electron chi connectivity index (χ3n) is 6.51. The van der Waals surface area contributed by atoms with Crippen molar-refractivity contribution < 1.29 is 14.6 Å². The van der Waals surface area contributed by atoms with Crippen molar-refractivity contribution in [1.29, 1.82) is 0 Å². The SMILES string of the molecule is CC(C)NC(=O)c1nnc(-c2cc3c(C(C)C)[nH]nc3cc2O)n1-c1ccc(CN2CCOCC2)cc1. The number of hydrogen-bond donors (Lipinski definition) is 3. The number of nitrogens with one attached hydrogen (secondary N) is 2. The summed E-state index contributed by atoms with van der Waals surface area (Å²) in [5, 5.41) is 30.8. The molecule has 1 fully saturated rings. The molecule has 3 N–H and O–H groups in total. The molecule has 10 nitrogen and oxygen atoms in total. The van der Waals surface area contributed by atoms with Gasteiger partial charge in [0.05, 0.1) is 24.3 Å². The minimum atomic E-state index is -0.335. The molecule has 0 unspecified atom stereocenters. The number of phenols is 1. The topological polar surface area (TPSA) is 121 Å². The normalized spacial score (nSPS) is 14.6. The Kier molecular flexibility index (Phi) is 6.94. The van der Waals surface area contributed by atoms with E-state index < -0.39 is 0 Å². The van der Waals surface area contributed by atoms with E-state index in [2.05, 4.69) is 56.6 Å². The monoisotopic (exact) mass is 503 g/mol. The van der Waals surface area contributed by atoms with Gasteiger partial charge in [-0.15, -0.1) is 10.2 Å². The Morgan fingerprint density at radius 3 is 2.51 bits per heavy atom. The molecule has 2 aromatic heterocycles. The van der Waals surface area contributed by atoms with Gasteiger partial charge in [-0.2, -0.15) is 5.10 Å². The van der Waals surface area contributed by atoms with Gasteiger partial charge in [0, 0.05) is 48.5 Å². The lowest BCUT2D eigenvalue weighted by molar-refractivity contribution is 0.0342. The molecule has 0 saturated carbocycles. The van der Waals surface area contributed by atoms with Gasteiger partial charge in [-0.05, 0) is 43.5 Å². The van der Waals surface area contributed by atoms with Gasteiger partial charge in [-0.3, -0.25) is 19.4 Å². The maximum Gasteiger partial charge on any atom is 0.289 e. The fourth-order valence-corrected chi connectivity index (χ4v) is 4.63. The molecule has 1 aliphatic heterocycles. The summed E-state index contributed by atoms with van der Waals surface area (Å²) in [5.74, 6) is 0.429. The van der Waals surface area contributed by atoms with Crippen molar-refractivity contribution in [2.75, 3.05) is 26.3 Å². The number of nitrogens with zero attached hydrogens (tertiary/aromatic N) is 5. The number of aromatic hydroxyl groups is 1. The molecule has 0 spiro atoms. The number of ether oxygens (including phenoxy) is 1. The Balaban J connectivity index is 1.58. The summed E-state index contributed by atoms with van der Waals surface area (Å²) in [6.45, 7) is 12.1. The van der Waals surface area contributed by atoms with Crippen molar-refractivity contribution in [3.05, 3.63) is 53.5 Å². The smallest absolute Gasteiger partial charge is 0.289 e. The second-order valence-electron chi connectivity index (χ2n) is 10.0. The van der Waals surface area contributed by atoms with E-state index in [4.69, 9.17) is 4.74 Å². The van der Waals surface area contributed by atoms with Crippen LogP contribution in [0.4, 0.5) is 0 Å². The molecule has 0 bridgehead atoms. The predicted octanol–water partition coefficient (Wildman–Crippen LogP) is 3.61. The van der Waals surface area contributed by atoms with E-state index in [1.54, 1.807) is 10.6 Å². The molecule has 1 aliphatic rings. The summed E-state index contributed by atoms with van der Waals surface area (Å²) in [6, 6.07) is 11.4. The van der Waals surface area contributed by atoms with Gasteiger partial charge in [-0.25, -0.2) is 0 Å². The highest BCUT2D eigenvalue weighted by Gasteiger charge is 2.25. The lowest BCUT2D eigenvalue weighted by Gasteiger charge is -2.26. The van der Waals surface area contributed by atoms with E-state index in [0.29, 0.717) is 16.9 Å². The van der Waals surface area contributed by atoms with E-state index >= 15 is 0 Å². The summed E-state index contributed by atoms with van der Waals surface area (Å²) >= 11 is 0. The number of hydrogen-bond acceptors (Lipinski definition) is 7. The zero-order valence-corrected chi connectivity index (χ0v) is 21.7. The summed E-state index contributed by atoms with van der Waals surface area (Å²) < 4.78 is 7.15. The number of H-pyrrole nitrogens is 1. The third-order valence-corrected chi connectivity index (χ3v) is 6.51. The summed E-state index contributed by atoms with van der Waals surface area (Å²) in [7, 11) is 0. The summed E-state index contributed by atoms with van der Waals surface area (Å²) in [6.07, 6.45) is 0. The molecule has 0 atom stereocenters. The van der Waals surface area contributed by atoms with Crippen LogP contribution in [0.5, 0.6) is 5.75 Å². The molecule has 4 aromatic rings. The largest absolute Gasteiger partial charge is 0.507 e. The van der Waals surface area contributed by atoms with Gasteiger partial charge < -0.3 is 15.2 Å². The van der Waals surface area contributed by atoms with Crippen LogP contribution in [0.2, 0.25) is 0 Å². The first kappa shape index (κ1) is 24.9. The Bertz CT molecular complexity index is 1400. The van der Waals surface area contributed by atoms with Gasteiger partial charge in [0.1, 0.15) is 5.75 Å². The first-order valence-corrected chi connectivity index (χ1v) is 12.7. The molecule has 1 saturated heterocycles. The minimum absolute atomic E-state index is 0.0164. The second-order valence-corrected chi connectivity index (χ2v) is 10.0. The van der Waals surface area contributed by atoms with Crippen LogP contribution < -0.4 is 5.32 Å². The Morgan fingerprint density at radius 1 is 1.11 bits per heavy atom. The number of rotatable bonds is 7. The van der Waals surface area contributed by atoms with Gasteiger partial charge in [0.25, 0.3) is 5.91 Å². The average molecular weight is 504 g/mol. The highest BCUT2D eigenvalue weighted by Crippen LogP contribution is 2.36. The van der Waals surface area contributed by atoms with Crippen LogP contribution in [0.15, 0.2) is 36.4 Å². The zero-order valence-electron chi connectivity index (χ0n) is 21.7. The Morgan fingerprint density at radius 2 is 1.84 bits per heavy atom. The number of aromatic nitrogens is 5. The molecular formula is C27H33N7O3. The van der Waals surface area contributed by atoms with E-state index in [-0.39, 0.29) is 29.4 Å². The lowest BCUT2D eigenvalue weighted by Crippen LogP contribution is -2.35. The summed E-state index contributed by atoms with van der Waals surface area (Å²) in [4.78, 5) is 15.4. The number of fused-ring (bicyclic) bond motifs is 1. The van der Waals surface area contributed by atoms with Gasteiger partial charge >= 0.3 is 0 Å². The summed E-state index contributed by atoms with van der Waals surface area (Å²) in [5.41, 5.74) is 4.01. The molecule has 194 valence electrons. The first-order valence-electron chi connectivity index (χ1n) is 12.7. The average Bonchev–Trinajstić information content (AvgIpc) is 3.48. The number of carbonyl (C=O) groups excluding carboxylic acids is 1. The fraction of sp³-hybridized carbons (Fsp3) is 0.407. The zero-order chi connectivity index (χ0) is 26.1. The van der Waals surface area contributed by atoms with Gasteiger partial charge in [0.2, 0.25) is 5.82 Å². The molecule has 3 heterocycles. The van der Waals surface area contributed by atoms with Crippen molar-refractivity contribution in [2.45, 2.75) is 46.2 Å². The molecule has 1 amide bonds. The van der Waals surface area contributed by atoms with Crippen LogP contribution in [0.25, 0.3) is 28.0 Å². The number of aromatic amines is 1. The van der Waals surface area contributed by atoms with E-state index in [0.717, 1.165) is 55.2 Å². The second kappa shape index (κ2) is 10.3. The number of benzene rings is 2. The molecule has 0 aliphatic carbocycles. The van der Waals surface area contributed by atoms with Crippen LogP contribution in [-0.2, 0) is 11.3 Å². The van der Waals surface area contributed by atoms with Crippen LogP contribution >= 0.6 is 0 Å². The molecular weight excluding hydrogens is 470 g/mol. The van der Waals surface area contributed by atoms with Crippen molar-refractivity contribution in [2.24, 2.45) is 0 Å². The van der Waals surface area contributed by atoms with E-state index in [1.165, 1.54) is 0 Å². The van der Waals surface area contributed by atoms with Crippen molar-refractivity contribution >= 4 is 16.8 Å². The highest BCUT2D eigenvalue weighted by atomic mass is 16.5. The Hall–Kier alpha value is -3.76. The molecule has 37 heavy (non-hydrogen) atoms. The number of phenolic OH excluding ortho intramolecular Hbond substituents is 1. The predicted molar refractivity (Wildman–Crippen MR) is 141 cm³/mol. The molecule has 2 aromatic carbocycles. The van der Waals surface area contributed by atoms with E-state index in [1.807, 2.05) is 32.0 Å². The van der Waals surface area contributed by atoms with Gasteiger partial charge in [0.15, 0.2) is 5.82 Å². The highest BCUT2D eigenvalue weighted by molar-refractivity contribution is 5.93. The van der Waals surface area contributed by atoms with Crippen molar-refractivity contribution in [1.82, 2.24) is 35.2 Å². The van der Waals surface area contributed by atoms with Crippen LogP contribution in [0.1, 0.15) is 55.5 Å².